The van der Waals surface area contributed by atoms with Gasteiger partial charge in [0, 0.05) is 7.05 Å². The molecule has 14 heavy (non-hydrogen) atoms. The minimum absolute atomic E-state index is 0.337. The highest BCUT2D eigenvalue weighted by molar-refractivity contribution is 6.29. The largest absolute Gasteiger partial charge is 0.434 e. The third kappa shape index (κ3) is 2.00. The van der Waals surface area contributed by atoms with E-state index in [0.29, 0.717) is 16.8 Å². The van der Waals surface area contributed by atoms with Gasteiger partial charge in [0.2, 0.25) is 5.88 Å². The van der Waals surface area contributed by atoms with Gasteiger partial charge in [-0.05, 0) is 0 Å². The van der Waals surface area contributed by atoms with Crippen molar-refractivity contribution in [3.63, 3.8) is 0 Å². The Balaban J connectivity index is 2.15. The monoisotopic (exact) mass is 210 g/mol. The third-order valence-corrected chi connectivity index (χ3v) is 1.70. The second-order valence-electron chi connectivity index (χ2n) is 2.63. The number of ether oxygens (including phenoxy) is 1. The Morgan fingerprint density at radius 1 is 1.29 bits per heavy atom. The first kappa shape index (κ1) is 8.96. The number of aryl methyl sites for hydroxylation is 1. The molecule has 0 saturated carbocycles. The predicted octanol–water partition coefficient (Wildman–Crippen LogP) is 1.66. The summed E-state index contributed by atoms with van der Waals surface area (Å²) in [5.41, 5.74) is 0. The molecule has 2 heterocycles. The van der Waals surface area contributed by atoms with Gasteiger partial charge in [0.05, 0.1) is 24.8 Å². The smallest absolute Gasteiger partial charge is 0.238 e. The first-order valence-corrected chi connectivity index (χ1v) is 4.26. The van der Waals surface area contributed by atoms with Crippen molar-refractivity contribution in [1.82, 2.24) is 19.7 Å². The molecule has 6 heteroatoms. The highest BCUT2D eigenvalue weighted by atomic mass is 35.5. The molecule has 0 aliphatic rings. The van der Waals surface area contributed by atoms with Gasteiger partial charge in [0.15, 0.2) is 5.75 Å². The van der Waals surface area contributed by atoms with E-state index in [2.05, 4.69) is 15.1 Å². The van der Waals surface area contributed by atoms with Gasteiger partial charge in [-0.1, -0.05) is 11.6 Å². The number of hydrogen-bond donors (Lipinski definition) is 0. The van der Waals surface area contributed by atoms with E-state index >= 15 is 0 Å². The highest BCUT2D eigenvalue weighted by Crippen LogP contribution is 2.17. The summed E-state index contributed by atoms with van der Waals surface area (Å²) in [5, 5.41) is 4.28. The fourth-order valence-electron chi connectivity index (χ4n) is 0.925. The lowest BCUT2D eigenvalue weighted by molar-refractivity contribution is 0.459. The minimum Gasteiger partial charge on any atom is -0.434 e. The molecule has 0 unspecified atom stereocenters. The molecular formula is C8H7ClN4O. The van der Waals surface area contributed by atoms with Gasteiger partial charge in [-0.3, -0.25) is 4.68 Å². The van der Waals surface area contributed by atoms with Crippen LogP contribution in [-0.4, -0.2) is 19.7 Å². The van der Waals surface area contributed by atoms with Crippen LogP contribution >= 0.6 is 11.6 Å². The molecule has 5 nitrogen and oxygen atoms in total. The topological polar surface area (TPSA) is 52.8 Å². The van der Waals surface area contributed by atoms with Crippen LogP contribution in [0.2, 0.25) is 5.15 Å². The number of halogens is 1. The van der Waals surface area contributed by atoms with E-state index in [9.17, 15) is 0 Å². The van der Waals surface area contributed by atoms with Crippen molar-refractivity contribution in [3.8, 4) is 11.6 Å². The van der Waals surface area contributed by atoms with Crippen LogP contribution in [0.3, 0.4) is 0 Å². The Bertz CT molecular complexity index is 425. The van der Waals surface area contributed by atoms with Gasteiger partial charge in [-0.25, -0.2) is 9.97 Å². The van der Waals surface area contributed by atoms with Crippen molar-refractivity contribution in [3.05, 3.63) is 29.9 Å². The molecule has 0 bridgehead atoms. The van der Waals surface area contributed by atoms with E-state index in [4.69, 9.17) is 16.3 Å². The molecule has 0 aliphatic heterocycles. The lowest BCUT2D eigenvalue weighted by Crippen LogP contribution is -1.88. The Hall–Kier alpha value is -1.62. The quantitative estimate of drug-likeness (QED) is 0.757. The maximum Gasteiger partial charge on any atom is 0.238 e. The summed E-state index contributed by atoms with van der Waals surface area (Å²) in [6, 6.07) is 0. The first-order chi connectivity index (χ1) is 6.74. The average Bonchev–Trinajstić information content (AvgIpc) is 2.56. The van der Waals surface area contributed by atoms with E-state index in [1.807, 2.05) is 0 Å². The van der Waals surface area contributed by atoms with Crippen LogP contribution in [-0.2, 0) is 7.05 Å². The third-order valence-electron chi connectivity index (χ3n) is 1.50. The molecule has 0 fully saturated rings. The summed E-state index contributed by atoms with van der Waals surface area (Å²) in [6.07, 6.45) is 6.20. The van der Waals surface area contributed by atoms with Gasteiger partial charge >= 0.3 is 0 Å². The SMILES string of the molecule is Cn1cc(Oc2cnc(Cl)cn2)cn1. The lowest BCUT2D eigenvalue weighted by Gasteiger charge is -1.99. The van der Waals surface area contributed by atoms with Crippen LogP contribution < -0.4 is 4.74 Å². The second kappa shape index (κ2) is 3.63. The fourth-order valence-corrected chi connectivity index (χ4v) is 1.02. The van der Waals surface area contributed by atoms with Gasteiger partial charge < -0.3 is 4.74 Å². The summed E-state index contributed by atoms with van der Waals surface area (Å²) < 4.78 is 6.98. The summed E-state index contributed by atoms with van der Waals surface area (Å²) in [5.74, 6) is 1.01. The van der Waals surface area contributed by atoms with E-state index in [1.54, 1.807) is 24.1 Å². The van der Waals surface area contributed by atoms with Crippen LogP contribution in [0, 0.1) is 0 Å². The molecule has 2 aromatic rings. The zero-order chi connectivity index (χ0) is 9.97. The molecule has 0 saturated heterocycles. The van der Waals surface area contributed by atoms with Crippen molar-refractivity contribution in [1.29, 1.82) is 0 Å². The standard InChI is InChI=1S/C8H7ClN4O/c1-13-5-6(2-12-13)14-8-4-10-7(9)3-11-8/h2-5H,1H3. The Morgan fingerprint density at radius 3 is 2.71 bits per heavy atom. The summed E-state index contributed by atoms with van der Waals surface area (Å²) in [7, 11) is 1.81. The molecule has 0 amide bonds. The molecular weight excluding hydrogens is 204 g/mol. The van der Waals surface area contributed by atoms with Gasteiger partial charge in [-0.2, -0.15) is 5.10 Å². The average molecular weight is 211 g/mol. The van der Waals surface area contributed by atoms with Crippen molar-refractivity contribution in [2.75, 3.05) is 0 Å². The number of rotatable bonds is 2. The highest BCUT2D eigenvalue weighted by Gasteiger charge is 2.00. The molecule has 2 aromatic heterocycles. The maximum absolute atomic E-state index is 5.57. The van der Waals surface area contributed by atoms with E-state index in [0.717, 1.165) is 0 Å². The number of nitrogens with zero attached hydrogens (tertiary/aromatic N) is 4. The molecule has 0 radical (unpaired) electrons. The normalized spacial score (nSPS) is 10.1. The molecule has 0 aliphatic carbocycles. The number of aromatic nitrogens is 4. The van der Waals surface area contributed by atoms with Gasteiger partial charge in [0.25, 0.3) is 0 Å². The summed E-state index contributed by atoms with van der Waals surface area (Å²) >= 11 is 5.57. The second-order valence-corrected chi connectivity index (χ2v) is 3.02. The van der Waals surface area contributed by atoms with Crippen LogP contribution in [0.15, 0.2) is 24.8 Å². The first-order valence-electron chi connectivity index (χ1n) is 3.88. The predicted molar refractivity (Wildman–Crippen MR) is 50.3 cm³/mol. The zero-order valence-corrected chi connectivity index (χ0v) is 8.14. The van der Waals surface area contributed by atoms with E-state index < -0.39 is 0 Å². The van der Waals surface area contributed by atoms with Gasteiger partial charge in [-0.15, -0.1) is 0 Å². The van der Waals surface area contributed by atoms with Crippen molar-refractivity contribution >= 4 is 11.6 Å². The Kier molecular flexibility index (Phi) is 2.32. The van der Waals surface area contributed by atoms with Crippen LogP contribution in [0.1, 0.15) is 0 Å². The lowest BCUT2D eigenvalue weighted by atomic mass is 10.6. The van der Waals surface area contributed by atoms with Crippen molar-refractivity contribution in [2.45, 2.75) is 0 Å². The van der Waals surface area contributed by atoms with E-state index in [-0.39, 0.29) is 0 Å². The molecule has 2 rings (SSSR count). The molecule has 0 N–H and O–H groups in total. The summed E-state index contributed by atoms with van der Waals surface area (Å²) in [4.78, 5) is 7.76. The number of hydrogen-bond acceptors (Lipinski definition) is 4. The Labute approximate surface area is 85.3 Å². The van der Waals surface area contributed by atoms with Gasteiger partial charge in [0.1, 0.15) is 5.15 Å². The van der Waals surface area contributed by atoms with Crippen molar-refractivity contribution in [2.24, 2.45) is 7.05 Å². The van der Waals surface area contributed by atoms with Crippen molar-refractivity contribution < 1.29 is 4.74 Å². The molecule has 0 spiro atoms. The summed E-state index contributed by atoms with van der Waals surface area (Å²) in [6.45, 7) is 0. The molecule has 72 valence electrons. The van der Waals surface area contributed by atoms with Crippen LogP contribution in [0.5, 0.6) is 11.6 Å². The molecule has 0 aromatic carbocycles. The van der Waals surface area contributed by atoms with Crippen LogP contribution in [0.25, 0.3) is 0 Å². The van der Waals surface area contributed by atoms with Crippen LogP contribution in [0.4, 0.5) is 0 Å². The maximum atomic E-state index is 5.57. The molecule has 0 atom stereocenters. The Morgan fingerprint density at radius 2 is 2.14 bits per heavy atom. The zero-order valence-electron chi connectivity index (χ0n) is 7.38. The van der Waals surface area contributed by atoms with E-state index in [1.165, 1.54) is 12.4 Å². The minimum atomic E-state index is 0.337. The fraction of sp³-hybridized carbons (Fsp3) is 0.125.